The largest absolute Gasteiger partial charge is 0.508 e. The first-order valence-corrected chi connectivity index (χ1v) is 15.5. The highest BCUT2D eigenvalue weighted by Crippen LogP contribution is 2.63. The average molecular weight is 621 g/mol. The summed E-state index contributed by atoms with van der Waals surface area (Å²) in [6, 6.07) is 21.0. The zero-order valence-electron chi connectivity index (χ0n) is 24.4. The molecule has 3 aromatic carbocycles. The maximum atomic E-state index is 15.2. The number of fused-ring (bicyclic) bond motifs is 5. The molecule has 0 spiro atoms. The Morgan fingerprint density at radius 3 is 2.49 bits per heavy atom. The first-order valence-electron chi connectivity index (χ1n) is 15.1. The molecule has 8 rings (SSSR count). The predicted molar refractivity (Wildman–Crippen MR) is 165 cm³/mol. The van der Waals surface area contributed by atoms with E-state index in [4.69, 9.17) is 16.3 Å². The monoisotopic (exact) mass is 620 g/mol. The maximum Gasteiger partial charge on any atom is 0.246 e. The number of likely N-dealkylation sites (tertiary alicyclic amines) is 1. The van der Waals surface area contributed by atoms with Crippen LogP contribution in [0.1, 0.15) is 24.0 Å². The van der Waals surface area contributed by atoms with Crippen LogP contribution in [0.15, 0.2) is 96.3 Å². The van der Waals surface area contributed by atoms with Crippen molar-refractivity contribution in [1.29, 1.82) is 0 Å². The molecule has 3 fully saturated rings. The molecule has 0 bridgehead atoms. The van der Waals surface area contributed by atoms with Crippen molar-refractivity contribution in [3.63, 3.8) is 0 Å². The number of anilines is 1. The van der Waals surface area contributed by atoms with Crippen LogP contribution in [-0.2, 0) is 31.0 Å². The van der Waals surface area contributed by atoms with Gasteiger partial charge in [0, 0.05) is 30.0 Å². The third-order valence-electron chi connectivity index (χ3n) is 10.5. The van der Waals surface area contributed by atoms with E-state index in [1.165, 1.54) is 16.8 Å². The molecule has 1 N–H and O–H groups in total. The van der Waals surface area contributed by atoms with E-state index in [1.807, 2.05) is 36.4 Å². The Morgan fingerprint density at radius 1 is 0.911 bits per heavy atom. The first kappa shape index (κ1) is 27.8. The van der Waals surface area contributed by atoms with Gasteiger partial charge in [-0.05, 0) is 66.3 Å². The fourth-order valence-electron chi connectivity index (χ4n) is 8.72. The minimum atomic E-state index is -1.36. The van der Waals surface area contributed by atoms with Gasteiger partial charge in [0.1, 0.15) is 11.5 Å². The Labute approximate surface area is 264 Å². The van der Waals surface area contributed by atoms with Crippen LogP contribution in [-0.4, -0.2) is 40.7 Å². The second-order valence-electron chi connectivity index (χ2n) is 12.6. The summed E-state index contributed by atoms with van der Waals surface area (Å²) in [4.78, 5) is 59.1. The van der Waals surface area contributed by atoms with Crippen LogP contribution in [0, 0.1) is 29.6 Å². The van der Waals surface area contributed by atoms with Gasteiger partial charge in [0.2, 0.25) is 23.6 Å². The van der Waals surface area contributed by atoms with Gasteiger partial charge in [0.05, 0.1) is 35.1 Å². The summed E-state index contributed by atoms with van der Waals surface area (Å²) in [5, 5.41) is 10.7. The highest BCUT2D eigenvalue weighted by atomic mass is 35.5. The summed E-state index contributed by atoms with van der Waals surface area (Å²) in [6.45, 7) is 0. The fourth-order valence-corrected chi connectivity index (χ4v) is 8.90. The van der Waals surface area contributed by atoms with Gasteiger partial charge in [-0.25, -0.2) is 4.90 Å². The van der Waals surface area contributed by atoms with Crippen LogP contribution in [0.2, 0.25) is 5.02 Å². The van der Waals surface area contributed by atoms with Gasteiger partial charge < -0.3 is 9.84 Å². The summed E-state index contributed by atoms with van der Waals surface area (Å²) < 4.78 is 6.13. The molecule has 1 saturated carbocycles. The van der Waals surface area contributed by atoms with Gasteiger partial charge in [0.25, 0.3) is 0 Å². The van der Waals surface area contributed by atoms with Crippen molar-refractivity contribution in [3.05, 3.63) is 112 Å². The van der Waals surface area contributed by atoms with Crippen LogP contribution >= 0.6 is 11.6 Å². The van der Waals surface area contributed by atoms with E-state index in [2.05, 4.69) is 0 Å². The average Bonchev–Trinajstić information content (AvgIpc) is 3.41. The lowest BCUT2D eigenvalue weighted by Crippen LogP contribution is -2.55. The number of phenols is 1. The third-order valence-corrected chi connectivity index (χ3v) is 10.8. The van der Waals surface area contributed by atoms with Crippen molar-refractivity contribution in [2.24, 2.45) is 29.6 Å². The van der Waals surface area contributed by atoms with Gasteiger partial charge in [-0.2, -0.15) is 0 Å². The Hall–Kier alpha value is -4.69. The van der Waals surface area contributed by atoms with E-state index >= 15 is 4.79 Å². The maximum absolute atomic E-state index is 15.2. The summed E-state index contributed by atoms with van der Waals surface area (Å²) in [7, 11) is 1.52. The molecule has 0 radical (unpaired) electrons. The normalized spacial score (nSPS) is 30.2. The summed E-state index contributed by atoms with van der Waals surface area (Å²) in [5.74, 6) is -3.56. The van der Waals surface area contributed by atoms with Gasteiger partial charge in [-0.1, -0.05) is 59.6 Å². The molecular weight excluding hydrogens is 592 g/mol. The van der Waals surface area contributed by atoms with Crippen molar-refractivity contribution < 1.29 is 29.0 Å². The van der Waals surface area contributed by atoms with Gasteiger partial charge >= 0.3 is 0 Å². The number of nitrogens with zero attached hydrogens (tertiary/aromatic N) is 2. The number of aromatic hydroxyl groups is 1. The number of amides is 4. The molecule has 2 aliphatic carbocycles. The topological polar surface area (TPSA) is 104 Å². The number of hydrogen-bond donors (Lipinski definition) is 1. The van der Waals surface area contributed by atoms with E-state index in [-0.39, 0.29) is 35.8 Å². The molecule has 6 unspecified atom stereocenters. The zero-order valence-corrected chi connectivity index (χ0v) is 25.1. The standard InChI is InChI=1S/C36H29ClN2O6/c1-38-32(41)26-12-11-25-27(30(26)34(38)43)17-28-33(42)39(23-9-5-8-22(37)16-23)35(44)36(28,21-6-3-2-4-7-21)31(25)20-14-19-15-24(40)10-13-29(19)45-18-20/h2-11,13,15-16,18,26-28,30-31,40H,12,14,17H2,1H3. The molecule has 0 aromatic heterocycles. The van der Waals surface area contributed by atoms with Crippen LogP contribution < -0.4 is 9.64 Å². The second-order valence-corrected chi connectivity index (χ2v) is 13.0. The van der Waals surface area contributed by atoms with E-state index in [9.17, 15) is 19.5 Å². The van der Waals surface area contributed by atoms with E-state index in [0.29, 0.717) is 34.9 Å². The Kier molecular flexibility index (Phi) is 6.13. The van der Waals surface area contributed by atoms with Crippen molar-refractivity contribution in [1.82, 2.24) is 4.90 Å². The number of phenolic OH excluding ortho intramolecular Hbond substituents is 1. The number of imide groups is 2. The number of rotatable bonds is 3. The molecule has 226 valence electrons. The predicted octanol–water partition coefficient (Wildman–Crippen LogP) is 5.19. The number of hydrogen-bond acceptors (Lipinski definition) is 6. The Bertz CT molecular complexity index is 1880. The number of benzene rings is 3. The van der Waals surface area contributed by atoms with Gasteiger partial charge in [-0.3, -0.25) is 24.1 Å². The van der Waals surface area contributed by atoms with Gasteiger partial charge in [0.15, 0.2) is 0 Å². The number of carbonyl (C=O) groups is 4. The molecular formula is C36H29ClN2O6. The fraction of sp³-hybridized carbons (Fsp3) is 0.278. The smallest absolute Gasteiger partial charge is 0.246 e. The molecule has 3 heterocycles. The molecule has 3 aliphatic heterocycles. The molecule has 2 saturated heterocycles. The molecule has 8 nitrogen and oxygen atoms in total. The molecule has 6 atom stereocenters. The SMILES string of the molecule is CN1C(=O)C2CC=C3C(CC4C(=O)N(c5cccc(Cl)c5)C(=O)C4(c4ccccc4)C3C3=COc4ccc(O)cc4C3)C2C1=O. The molecule has 4 amide bonds. The number of ether oxygens (including phenoxy) is 1. The van der Waals surface area contributed by atoms with E-state index in [0.717, 1.165) is 16.7 Å². The lowest BCUT2D eigenvalue weighted by atomic mass is 9.48. The Balaban J connectivity index is 1.38. The second kappa shape index (κ2) is 9.91. The third kappa shape index (κ3) is 3.78. The molecule has 45 heavy (non-hydrogen) atoms. The van der Waals surface area contributed by atoms with Crippen molar-refractivity contribution in [2.45, 2.75) is 24.7 Å². The summed E-state index contributed by atoms with van der Waals surface area (Å²) in [5.41, 5.74) is 2.09. The summed E-state index contributed by atoms with van der Waals surface area (Å²) >= 11 is 6.36. The first-order chi connectivity index (χ1) is 21.7. The van der Waals surface area contributed by atoms with Crippen LogP contribution in [0.5, 0.6) is 11.5 Å². The highest BCUT2D eigenvalue weighted by molar-refractivity contribution is 6.32. The number of carbonyl (C=O) groups excluding carboxylic acids is 4. The molecule has 3 aromatic rings. The van der Waals surface area contributed by atoms with Crippen molar-refractivity contribution in [2.75, 3.05) is 11.9 Å². The van der Waals surface area contributed by atoms with Crippen molar-refractivity contribution >= 4 is 40.9 Å². The van der Waals surface area contributed by atoms with Crippen molar-refractivity contribution in [3.8, 4) is 11.5 Å². The minimum absolute atomic E-state index is 0.0906. The van der Waals surface area contributed by atoms with Crippen LogP contribution in [0.3, 0.4) is 0 Å². The zero-order chi connectivity index (χ0) is 31.2. The lowest BCUT2D eigenvalue weighted by molar-refractivity contribution is -0.138. The van der Waals surface area contributed by atoms with E-state index in [1.54, 1.807) is 48.7 Å². The van der Waals surface area contributed by atoms with Crippen LogP contribution in [0.4, 0.5) is 5.69 Å². The lowest BCUT2D eigenvalue weighted by Gasteiger charge is -2.51. The quantitative estimate of drug-likeness (QED) is 0.319. The minimum Gasteiger partial charge on any atom is -0.508 e. The van der Waals surface area contributed by atoms with Crippen LogP contribution in [0.25, 0.3) is 0 Å². The Morgan fingerprint density at radius 2 is 1.71 bits per heavy atom. The van der Waals surface area contributed by atoms with Gasteiger partial charge in [-0.15, -0.1) is 0 Å². The highest BCUT2D eigenvalue weighted by Gasteiger charge is 2.70. The summed E-state index contributed by atoms with van der Waals surface area (Å²) in [6.07, 6.45) is 4.65. The molecule has 5 aliphatic rings. The van der Waals surface area contributed by atoms with E-state index < -0.39 is 35.0 Å². The number of allylic oxidation sites excluding steroid dienone is 3. The molecule has 9 heteroatoms. The number of halogens is 1.